The van der Waals surface area contributed by atoms with Crippen molar-refractivity contribution in [3.63, 3.8) is 0 Å². The van der Waals surface area contributed by atoms with Crippen molar-refractivity contribution in [2.45, 2.75) is 33.2 Å². The van der Waals surface area contributed by atoms with Crippen LogP contribution in [0.5, 0.6) is 0 Å². The largest absolute Gasteiger partial charge is 0.465 e. The number of hydrogen-bond acceptors (Lipinski definition) is 6. The number of methoxy groups -OCH3 is 1. The van der Waals surface area contributed by atoms with Crippen LogP contribution in [0.3, 0.4) is 0 Å². The van der Waals surface area contributed by atoms with E-state index in [0.717, 1.165) is 29.1 Å². The van der Waals surface area contributed by atoms with E-state index < -0.39 is 0 Å². The van der Waals surface area contributed by atoms with Gasteiger partial charge in [0.1, 0.15) is 4.88 Å². The van der Waals surface area contributed by atoms with Gasteiger partial charge in [-0.15, -0.1) is 16.4 Å². The maximum Gasteiger partial charge on any atom is 0.348 e. The highest BCUT2D eigenvalue weighted by molar-refractivity contribution is 7.14. The lowest BCUT2D eigenvalue weighted by molar-refractivity contribution is 0.0606. The number of aromatic nitrogens is 4. The average molecular weight is 280 g/mol. The number of aryl methyl sites for hydroxylation is 2. The lowest BCUT2D eigenvalue weighted by Crippen LogP contribution is -2.07. The van der Waals surface area contributed by atoms with E-state index in [0.29, 0.717) is 11.4 Å². The Morgan fingerprint density at radius 2 is 2.32 bits per heavy atom. The highest BCUT2D eigenvalue weighted by atomic mass is 32.1. The Labute approximate surface area is 115 Å². The predicted octanol–water partition coefficient (Wildman–Crippen LogP) is 1.83. The van der Waals surface area contributed by atoms with Crippen LogP contribution in [-0.4, -0.2) is 33.3 Å². The fourth-order valence-corrected chi connectivity index (χ4v) is 2.74. The van der Waals surface area contributed by atoms with Gasteiger partial charge in [0.2, 0.25) is 0 Å². The second kappa shape index (κ2) is 5.92. The van der Waals surface area contributed by atoms with Gasteiger partial charge in [0.25, 0.3) is 0 Å². The number of esters is 1. The van der Waals surface area contributed by atoms with Gasteiger partial charge < -0.3 is 4.74 Å². The van der Waals surface area contributed by atoms with Crippen LogP contribution in [0.15, 0.2) is 6.07 Å². The van der Waals surface area contributed by atoms with Gasteiger partial charge in [0.05, 0.1) is 13.7 Å². The van der Waals surface area contributed by atoms with Crippen LogP contribution in [0.4, 0.5) is 0 Å². The smallest absolute Gasteiger partial charge is 0.348 e. The zero-order chi connectivity index (χ0) is 13.8. The summed E-state index contributed by atoms with van der Waals surface area (Å²) in [4.78, 5) is 13.2. The minimum Gasteiger partial charge on any atom is -0.465 e. The average Bonchev–Trinajstić information content (AvgIpc) is 2.98. The molecule has 0 bridgehead atoms. The van der Waals surface area contributed by atoms with E-state index in [9.17, 15) is 4.79 Å². The van der Waals surface area contributed by atoms with Gasteiger partial charge >= 0.3 is 5.97 Å². The number of carbonyl (C=O) groups excluding carboxylic acids is 1. The normalized spacial score (nSPS) is 10.7. The van der Waals surface area contributed by atoms with Crippen LogP contribution in [0.25, 0.3) is 0 Å². The molecule has 2 aromatic heterocycles. The topological polar surface area (TPSA) is 69.9 Å². The van der Waals surface area contributed by atoms with Gasteiger partial charge in [-0.05, 0) is 35.4 Å². The third kappa shape index (κ3) is 2.98. The van der Waals surface area contributed by atoms with Crippen LogP contribution in [0.1, 0.15) is 39.3 Å². The number of carbonyl (C=O) groups is 1. The predicted molar refractivity (Wildman–Crippen MR) is 71.3 cm³/mol. The fourth-order valence-electron chi connectivity index (χ4n) is 1.79. The van der Waals surface area contributed by atoms with Crippen LogP contribution in [0.2, 0.25) is 0 Å². The zero-order valence-corrected chi connectivity index (χ0v) is 12.0. The second-order valence-corrected chi connectivity index (χ2v) is 5.44. The maximum absolute atomic E-state index is 11.5. The molecule has 0 spiro atoms. The van der Waals surface area contributed by atoms with Gasteiger partial charge in [0, 0.05) is 11.3 Å². The van der Waals surface area contributed by atoms with Crippen LogP contribution in [0, 0.1) is 6.92 Å². The Morgan fingerprint density at radius 3 is 3.00 bits per heavy atom. The second-order valence-electron chi connectivity index (χ2n) is 4.19. The van der Waals surface area contributed by atoms with Crippen molar-refractivity contribution in [2.75, 3.05) is 7.11 Å². The third-order valence-corrected chi connectivity index (χ3v) is 3.88. The van der Waals surface area contributed by atoms with Gasteiger partial charge in [-0.25, -0.2) is 9.48 Å². The highest BCUT2D eigenvalue weighted by Gasteiger charge is 2.14. The van der Waals surface area contributed by atoms with Crippen molar-refractivity contribution in [3.8, 4) is 0 Å². The first-order valence-electron chi connectivity index (χ1n) is 6.08. The Bertz CT molecular complexity index is 576. The van der Waals surface area contributed by atoms with E-state index in [1.165, 1.54) is 18.4 Å². The molecule has 7 heteroatoms. The molecule has 6 nitrogen and oxygen atoms in total. The summed E-state index contributed by atoms with van der Waals surface area (Å²) < 4.78 is 6.50. The van der Waals surface area contributed by atoms with Crippen LogP contribution < -0.4 is 0 Å². The number of thiophene rings is 1. The third-order valence-electron chi connectivity index (χ3n) is 2.81. The summed E-state index contributed by atoms with van der Waals surface area (Å²) in [6, 6.07) is 1.85. The van der Waals surface area contributed by atoms with Crippen molar-refractivity contribution < 1.29 is 9.53 Å². The molecule has 0 radical (unpaired) electrons. The van der Waals surface area contributed by atoms with Gasteiger partial charge in [-0.1, -0.05) is 6.92 Å². The highest BCUT2D eigenvalue weighted by Crippen LogP contribution is 2.23. The molecule has 0 saturated heterocycles. The van der Waals surface area contributed by atoms with Crippen LogP contribution >= 0.6 is 11.3 Å². The van der Waals surface area contributed by atoms with E-state index in [4.69, 9.17) is 4.74 Å². The molecule has 102 valence electrons. The van der Waals surface area contributed by atoms with E-state index in [2.05, 4.69) is 22.4 Å². The molecule has 0 aliphatic carbocycles. The molecule has 0 aromatic carbocycles. The fraction of sp³-hybridized carbons (Fsp3) is 0.500. The molecule has 0 atom stereocenters. The molecule has 2 aromatic rings. The summed E-state index contributed by atoms with van der Waals surface area (Å²) in [5.41, 5.74) is 1.05. The summed E-state index contributed by atoms with van der Waals surface area (Å²) in [6.45, 7) is 4.65. The molecule has 0 fully saturated rings. The molecule has 2 heterocycles. The SMILES string of the molecule is CCCc1nnnn1Cc1cc(C(=O)OC)sc1C. The summed E-state index contributed by atoms with van der Waals surface area (Å²) >= 11 is 1.43. The van der Waals surface area contributed by atoms with Crippen molar-refractivity contribution in [1.82, 2.24) is 20.2 Å². The van der Waals surface area contributed by atoms with Crippen molar-refractivity contribution in [3.05, 3.63) is 27.2 Å². The van der Waals surface area contributed by atoms with Crippen LogP contribution in [-0.2, 0) is 17.7 Å². The van der Waals surface area contributed by atoms with Crippen molar-refractivity contribution >= 4 is 17.3 Å². The molecule has 0 amide bonds. The Balaban J connectivity index is 2.21. The van der Waals surface area contributed by atoms with E-state index in [-0.39, 0.29) is 5.97 Å². The summed E-state index contributed by atoms with van der Waals surface area (Å²) in [5, 5.41) is 11.7. The number of tetrazole rings is 1. The van der Waals surface area contributed by atoms with E-state index in [1.54, 1.807) is 4.68 Å². The molecule has 0 aliphatic heterocycles. The number of rotatable bonds is 5. The monoisotopic (exact) mass is 280 g/mol. The van der Waals surface area contributed by atoms with Gasteiger partial charge in [-0.2, -0.15) is 0 Å². The number of hydrogen-bond donors (Lipinski definition) is 0. The molecule has 0 saturated carbocycles. The lowest BCUT2D eigenvalue weighted by atomic mass is 10.2. The molecule has 0 N–H and O–H groups in total. The molecular weight excluding hydrogens is 264 g/mol. The van der Waals surface area contributed by atoms with Gasteiger partial charge in [0.15, 0.2) is 5.82 Å². The first kappa shape index (κ1) is 13.7. The molecule has 0 aliphatic rings. The quantitative estimate of drug-likeness (QED) is 0.781. The molecule has 2 rings (SSSR count). The van der Waals surface area contributed by atoms with Gasteiger partial charge in [-0.3, -0.25) is 0 Å². The standard InChI is InChI=1S/C12H16N4O2S/c1-4-5-11-13-14-15-16(11)7-9-6-10(12(17)18-3)19-8(9)2/h6H,4-5,7H2,1-3H3. The molecule has 0 unspecified atom stereocenters. The minimum absolute atomic E-state index is 0.301. The zero-order valence-electron chi connectivity index (χ0n) is 11.2. The minimum atomic E-state index is -0.301. The molecule has 19 heavy (non-hydrogen) atoms. The number of nitrogens with zero attached hydrogens (tertiary/aromatic N) is 4. The first-order valence-corrected chi connectivity index (χ1v) is 6.90. The maximum atomic E-state index is 11.5. The lowest BCUT2D eigenvalue weighted by Gasteiger charge is -2.02. The number of ether oxygens (including phenoxy) is 1. The first-order chi connectivity index (χ1) is 9.15. The van der Waals surface area contributed by atoms with E-state index in [1.807, 2.05) is 13.0 Å². The summed E-state index contributed by atoms with van der Waals surface area (Å²) in [5.74, 6) is 0.567. The van der Waals surface area contributed by atoms with E-state index >= 15 is 0 Å². The Hall–Kier alpha value is -1.76. The van der Waals surface area contributed by atoms with Crippen molar-refractivity contribution in [2.24, 2.45) is 0 Å². The van der Waals surface area contributed by atoms with Crippen molar-refractivity contribution in [1.29, 1.82) is 0 Å². The summed E-state index contributed by atoms with van der Waals surface area (Å²) in [6.07, 6.45) is 1.84. The molecular formula is C12H16N4O2S. The summed E-state index contributed by atoms with van der Waals surface area (Å²) in [7, 11) is 1.39. The Kier molecular flexibility index (Phi) is 4.26. The Morgan fingerprint density at radius 1 is 1.53 bits per heavy atom.